The van der Waals surface area contributed by atoms with Gasteiger partial charge in [-0.3, -0.25) is 14.9 Å². The molecule has 0 bridgehead atoms. The Balaban J connectivity index is 2.96. The van der Waals surface area contributed by atoms with Crippen LogP contribution in [0.4, 0.5) is 11.5 Å². The first-order chi connectivity index (χ1) is 9.49. The van der Waals surface area contributed by atoms with Crippen LogP contribution in [0.3, 0.4) is 0 Å². The van der Waals surface area contributed by atoms with Crippen molar-refractivity contribution >= 4 is 33.4 Å². The molecule has 8 heteroatoms. The molecule has 0 aromatic carbocycles. The number of halogens is 1. The number of carbonyl (C=O) groups excluding carboxylic acids is 1. The van der Waals surface area contributed by atoms with Crippen LogP contribution in [0.5, 0.6) is 0 Å². The van der Waals surface area contributed by atoms with Gasteiger partial charge in [0.1, 0.15) is 18.6 Å². The van der Waals surface area contributed by atoms with Gasteiger partial charge in [0, 0.05) is 12.6 Å². The molecule has 7 nitrogen and oxygen atoms in total. The fourth-order valence-corrected chi connectivity index (χ4v) is 2.23. The minimum Gasteiger partial charge on any atom is -0.465 e. The standard InChI is InChI=1S/C12H16BrN3O4/c1-3-5-15(8-11(17)20-4-2)12-10(13)6-9(7-14-12)16(18)19/h6-7H,3-5,8H2,1-2H3. The third-order valence-electron chi connectivity index (χ3n) is 2.44. The number of aromatic nitrogens is 1. The number of ether oxygens (including phenoxy) is 1. The van der Waals surface area contributed by atoms with Crippen LogP contribution in [0.25, 0.3) is 0 Å². The van der Waals surface area contributed by atoms with Gasteiger partial charge in [0.05, 0.1) is 16.0 Å². The van der Waals surface area contributed by atoms with Crippen LogP contribution in [0.15, 0.2) is 16.7 Å². The molecular formula is C12H16BrN3O4. The van der Waals surface area contributed by atoms with E-state index in [4.69, 9.17) is 4.74 Å². The maximum absolute atomic E-state index is 11.6. The van der Waals surface area contributed by atoms with E-state index in [0.717, 1.165) is 6.42 Å². The number of hydrogen-bond acceptors (Lipinski definition) is 6. The first-order valence-electron chi connectivity index (χ1n) is 6.20. The average Bonchev–Trinajstić information content (AvgIpc) is 2.38. The average molecular weight is 346 g/mol. The van der Waals surface area contributed by atoms with Crippen molar-refractivity contribution in [3.8, 4) is 0 Å². The molecule has 0 fully saturated rings. The second kappa shape index (κ2) is 7.78. The SMILES string of the molecule is CCCN(CC(=O)OCC)c1ncc([N+](=O)[O-])cc1Br. The van der Waals surface area contributed by atoms with Gasteiger partial charge in [-0.15, -0.1) is 0 Å². The second-order valence-corrected chi connectivity index (χ2v) is 4.84. The van der Waals surface area contributed by atoms with E-state index in [1.165, 1.54) is 12.3 Å². The molecule has 0 amide bonds. The van der Waals surface area contributed by atoms with Crippen molar-refractivity contribution in [2.75, 3.05) is 24.6 Å². The fourth-order valence-electron chi connectivity index (χ4n) is 1.65. The number of anilines is 1. The van der Waals surface area contributed by atoms with Crippen molar-refractivity contribution in [3.63, 3.8) is 0 Å². The maximum Gasteiger partial charge on any atom is 0.325 e. The van der Waals surface area contributed by atoms with Gasteiger partial charge in [0.2, 0.25) is 0 Å². The Morgan fingerprint density at radius 1 is 1.55 bits per heavy atom. The quantitative estimate of drug-likeness (QED) is 0.428. The summed E-state index contributed by atoms with van der Waals surface area (Å²) in [6.07, 6.45) is 1.98. The normalized spacial score (nSPS) is 10.2. The molecule has 110 valence electrons. The minimum absolute atomic E-state index is 0.0606. The maximum atomic E-state index is 11.6. The molecule has 0 aliphatic heterocycles. The summed E-state index contributed by atoms with van der Waals surface area (Å²) in [5.74, 6) is 0.138. The third kappa shape index (κ3) is 4.44. The predicted molar refractivity (Wildman–Crippen MR) is 77.7 cm³/mol. The molecule has 1 aromatic heterocycles. The highest BCUT2D eigenvalue weighted by Gasteiger charge is 2.18. The van der Waals surface area contributed by atoms with Crippen molar-refractivity contribution in [1.29, 1.82) is 0 Å². The van der Waals surface area contributed by atoms with E-state index in [2.05, 4.69) is 20.9 Å². The fraction of sp³-hybridized carbons (Fsp3) is 0.500. The van der Waals surface area contributed by atoms with Crippen LogP contribution in [0, 0.1) is 10.1 Å². The van der Waals surface area contributed by atoms with E-state index in [9.17, 15) is 14.9 Å². The van der Waals surface area contributed by atoms with Crippen molar-refractivity contribution < 1.29 is 14.5 Å². The highest BCUT2D eigenvalue weighted by Crippen LogP contribution is 2.27. The van der Waals surface area contributed by atoms with Crippen LogP contribution in [0.2, 0.25) is 0 Å². The van der Waals surface area contributed by atoms with Gasteiger partial charge in [-0.2, -0.15) is 0 Å². The summed E-state index contributed by atoms with van der Waals surface area (Å²) < 4.78 is 5.39. The smallest absolute Gasteiger partial charge is 0.325 e. The lowest BCUT2D eigenvalue weighted by Crippen LogP contribution is -2.32. The predicted octanol–water partition coefficient (Wildman–Crippen LogP) is 2.53. The molecule has 1 heterocycles. The first kappa shape index (κ1) is 16.4. The minimum atomic E-state index is -0.517. The zero-order chi connectivity index (χ0) is 15.1. The lowest BCUT2D eigenvalue weighted by Gasteiger charge is -2.22. The number of carbonyl (C=O) groups is 1. The topological polar surface area (TPSA) is 85.6 Å². The molecule has 1 rings (SSSR count). The molecule has 0 aliphatic carbocycles. The Hall–Kier alpha value is -1.70. The van der Waals surface area contributed by atoms with Gasteiger partial charge in [0.25, 0.3) is 5.69 Å². The van der Waals surface area contributed by atoms with E-state index in [-0.39, 0.29) is 18.2 Å². The van der Waals surface area contributed by atoms with Crippen molar-refractivity contribution in [2.24, 2.45) is 0 Å². The van der Waals surface area contributed by atoms with E-state index >= 15 is 0 Å². The molecule has 0 N–H and O–H groups in total. The molecule has 0 aliphatic rings. The van der Waals surface area contributed by atoms with Crippen molar-refractivity contribution in [3.05, 3.63) is 26.9 Å². The summed E-state index contributed by atoms with van der Waals surface area (Å²) in [5.41, 5.74) is -0.104. The largest absolute Gasteiger partial charge is 0.465 e. The van der Waals surface area contributed by atoms with E-state index in [1.807, 2.05) is 6.92 Å². The molecule has 0 saturated carbocycles. The van der Waals surface area contributed by atoms with Crippen LogP contribution in [0.1, 0.15) is 20.3 Å². The third-order valence-corrected chi connectivity index (χ3v) is 3.02. The highest BCUT2D eigenvalue weighted by molar-refractivity contribution is 9.10. The Morgan fingerprint density at radius 2 is 2.25 bits per heavy atom. The van der Waals surface area contributed by atoms with Crippen molar-refractivity contribution in [2.45, 2.75) is 20.3 Å². The van der Waals surface area contributed by atoms with Gasteiger partial charge in [-0.05, 0) is 29.3 Å². The molecule has 0 saturated heterocycles. The van der Waals surface area contributed by atoms with Gasteiger partial charge in [-0.1, -0.05) is 6.92 Å². The number of pyridine rings is 1. The van der Waals surface area contributed by atoms with Gasteiger partial charge < -0.3 is 9.64 Å². The Kier molecular flexibility index (Phi) is 6.37. The summed E-state index contributed by atoms with van der Waals surface area (Å²) in [4.78, 5) is 27.5. The highest BCUT2D eigenvalue weighted by atomic mass is 79.9. The molecular weight excluding hydrogens is 330 g/mol. The molecule has 0 unspecified atom stereocenters. The summed E-state index contributed by atoms with van der Waals surface area (Å²) in [6.45, 7) is 4.68. The Morgan fingerprint density at radius 3 is 2.75 bits per heavy atom. The van der Waals surface area contributed by atoms with E-state index < -0.39 is 4.92 Å². The summed E-state index contributed by atoms with van der Waals surface area (Å²) in [7, 11) is 0. The number of nitrogens with zero attached hydrogens (tertiary/aromatic N) is 3. The van der Waals surface area contributed by atoms with Gasteiger partial charge in [0.15, 0.2) is 0 Å². The molecule has 0 radical (unpaired) electrons. The van der Waals surface area contributed by atoms with E-state index in [1.54, 1.807) is 11.8 Å². The number of esters is 1. The van der Waals surface area contributed by atoms with E-state index in [0.29, 0.717) is 23.4 Å². The lowest BCUT2D eigenvalue weighted by atomic mass is 10.3. The van der Waals surface area contributed by atoms with Crippen LogP contribution < -0.4 is 4.90 Å². The first-order valence-corrected chi connectivity index (χ1v) is 6.99. The zero-order valence-electron chi connectivity index (χ0n) is 11.3. The zero-order valence-corrected chi connectivity index (χ0v) is 12.9. The van der Waals surface area contributed by atoms with Crippen molar-refractivity contribution in [1.82, 2.24) is 4.98 Å². The summed E-state index contributed by atoms with van der Waals surface area (Å²) in [6, 6.07) is 1.37. The Bertz CT molecular complexity index is 496. The monoisotopic (exact) mass is 345 g/mol. The summed E-state index contributed by atoms with van der Waals surface area (Å²) >= 11 is 3.25. The summed E-state index contributed by atoms with van der Waals surface area (Å²) in [5, 5.41) is 10.7. The number of hydrogen-bond donors (Lipinski definition) is 0. The molecule has 1 aromatic rings. The van der Waals surface area contributed by atoms with Crippen LogP contribution in [-0.2, 0) is 9.53 Å². The Labute approximate surface area is 125 Å². The van der Waals surface area contributed by atoms with Crippen LogP contribution >= 0.6 is 15.9 Å². The second-order valence-electron chi connectivity index (χ2n) is 3.98. The number of rotatable bonds is 7. The molecule has 0 spiro atoms. The van der Waals surface area contributed by atoms with Gasteiger partial charge >= 0.3 is 5.97 Å². The molecule has 20 heavy (non-hydrogen) atoms. The number of nitro groups is 1. The molecule has 0 atom stereocenters. The van der Waals surface area contributed by atoms with Gasteiger partial charge in [-0.25, -0.2) is 4.98 Å². The van der Waals surface area contributed by atoms with Crippen LogP contribution in [-0.4, -0.2) is 35.6 Å². The lowest BCUT2D eigenvalue weighted by molar-refractivity contribution is -0.385.